The molecule has 1 aromatic rings. The Bertz CT molecular complexity index is 539. The number of sulfone groups is 1. The van der Waals surface area contributed by atoms with Gasteiger partial charge in [-0.15, -0.1) is 0 Å². The molecular formula is C13H19NO3S. The van der Waals surface area contributed by atoms with Crippen LogP contribution in [0.1, 0.15) is 25.8 Å². The third-order valence-electron chi connectivity index (χ3n) is 3.37. The smallest absolute Gasteiger partial charge is 0.178 e. The van der Waals surface area contributed by atoms with E-state index >= 15 is 0 Å². The summed E-state index contributed by atoms with van der Waals surface area (Å²) in [5.74, 6) is 0.0737. The average Bonchev–Trinajstić information content (AvgIpc) is 2.33. The zero-order valence-electron chi connectivity index (χ0n) is 10.7. The molecule has 2 N–H and O–H groups in total. The van der Waals surface area contributed by atoms with Crippen LogP contribution in [0.3, 0.4) is 0 Å². The fourth-order valence-corrected chi connectivity index (χ4v) is 4.32. The Kier molecular flexibility index (Phi) is 3.49. The van der Waals surface area contributed by atoms with Gasteiger partial charge in [0.05, 0.1) is 22.8 Å². The summed E-state index contributed by atoms with van der Waals surface area (Å²) < 4.78 is 24.1. The second kappa shape index (κ2) is 4.64. The third kappa shape index (κ3) is 2.18. The Hall–Kier alpha value is -0.910. The maximum absolute atomic E-state index is 12.1. The van der Waals surface area contributed by atoms with Crippen molar-refractivity contribution in [2.75, 3.05) is 12.4 Å². The highest BCUT2D eigenvalue weighted by atomic mass is 32.2. The lowest BCUT2D eigenvalue weighted by atomic mass is 9.86. The molecule has 1 aliphatic heterocycles. The Labute approximate surface area is 108 Å². The molecule has 0 bridgehead atoms. The van der Waals surface area contributed by atoms with E-state index in [1.807, 2.05) is 19.9 Å². The first-order valence-electron chi connectivity index (χ1n) is 6.12. The van der Waals surface area contributed by atoms with E-state index in [0.717, 1.165) is 0 Å². The highest BCUT2D eigenvalue weighted by Gasteiger charge is 2.41. The highest BCUT2D eigenvalue weighted by Crippen LogP contribution is 2.36. The molecule has 2 rings (SSSR count). The normalized spacial score (nSPS) is 26.0. The molecule has 1 unspecified atom stereocenters. The maximum Gasteiger partial charge on any atom is 0.178 e. The first kappa shape index (κ1) is 13.5. The van der Waals surface area contributed by atoms with Crippen LogP contribution in [0.5, 0.6) is 0 Å². The molecule has 0 saturated carbocycles. The van der Waals surface area contributed by atoms with E-state index in [-0.39, 0.29) is 18.4 Å². The Morgan fingerprint density at radius 3 is 2.67 bits per heavy atom. The molecule has 0 fully saturated rings. The minimum absolute atomic E-state index is 0.0737. The molecular weight excluding hydrogens is 250 g/mol. The third-order valence-corrected chi connectivity index (χ3v) is 5.14. The van der Waals surface area contributed by atoms with E-state index in [2.05, 4.69) is 5.32 Å². The number of hydrogen-bond donors (Lipinski definition) is 2. The van der Waals surface area contributed by atoms with Crippen molar-refractivity contribution in [2.24, 2.45) is 0 Å². The van der Waals surface area contributed by atoms with Gasteiger partial charge >= 0.3 is 0 Å². The van der Waals surface area contributed by atoms with Crippen molar-refractivity contribution in [3.8, 4) is 0 Å². The second-order valence-corrected chi connectivity index (χ2v) is 7.18. The van der Waals surface area contributed by atoms with Gasteiger partial charge in [-0.3, -0.25) is 0 Å². The molecule has 1 aromatic carbocycles. The number of fused-ring (bicyclic) bond motifs is 1. The minimum atomic E-state index is -3.21. The van der Waals surface area contributed by atoms with Gasteiger partial charge < -0.3 is 10.4 Å². The molecule has 18 heavy (non-hydrogen) atoms. The van der Waals surface area contributed by atoms with E-state index < -0.39 is 15.4 Å². The Balaban J connectivity index is 2.59. The molecule has 1 atom stereocenters. The van der Waals surface area contributed by atoms with Gasteiger partial charge in [-0.05, 0) is 31.9 Å². The SMILES string of the molecule is CC(C)NC1(CO)CCS(=O)(=O)c2ccccc21. The standard InChI is InChI=1S/C13H19NO3S/c1-10(2)14-13(9-15)7-8-18(16,17)12-6-4-3-5-11(12)13/h3-6,10,14-15H,7-9H2,1-2H3. The van der Waals surface area contributed by atoms with Crippen molar-refractivity contribution in [1.82, 2.24) is 5.32 Å². The van der Waals surface area contributed by atoms with Crippen LogP contribution >= 0.6 is 0 Å². The molecule has 1 heterocycles. The van der Waals surface area contributed by atoms with Gasteiger partial charge in [-0.1, -0.05) is 18.2 Å². The molecule has 100 valence electrons. The summed E-state index contributed by atoms with van der Waals surface area (Å²) in [6, 6.07) is 7.12. The molecule has 0 aromatic heterocycles. The molecule has 0 spiro atoms. The van der Waals surface area contributed by atoms with Crippen molar-refractivity contribution in [3.63, 3.8) is 0 Å². The molecule has 1 aliphatic rings. The lowest BCUT2D eigenvalue weighted by Crippen LogP contribution is -2.52. The first-order chi connectivity index (χ1) is 8.41. The monoisotopic (exact) mass is 269 g/mol. The number of benzene rings is 1. The van der Waals surface area contributed by atoms with Crippen molar-refractivity contribution in [3.05, 3.63) is 29.8 Å². The number of hydrogen-bond acceptors (Lipinski definition) is 4. The summed E-state index contributed by atoms with van der Waals surface area (Å²) >= 11 is 0. The minimum Gasteiger partial charge on any atom is -0.394 e. The Morgan fingerprint density at radius 2 is 2.06 bits per heavy atom. The summed E-state index contributed by atoms with van der Waals surface area (Å²) in [6.07, 6.45) is 0.404. The lowest BCUT2D eigenvalue weighted by molar-refractivity contribution is 0.142. The van der Waals surface area contributed by atoms with Crippen LogP contribution in [0.2, 0.25) is 0 Å². The maximum atomic E-state index is 12.1. The van der Waals surface area contributed by atoms with Crippen molar-refractivity contribution in [1.29, 1.82) is 0 Å². The average molecular weight is 269 g/mol. The number of nitrogens with one attached hydrogen (secondary N) is 1. The first-order valence-corrected chi connectivity index (χ1v) is 7.77. The Morgan fingerprint density at radius 1 is 1.39 bits per heavy atom. The summed E-state index contributed by atoms with van der Waals surface area (Å²) in [5.41, 5.74) is 0.0447. The van der Waals surface area contributed by atoms with Crippen LogP contribution in [-0.4, -0.2) is 31.9 Å². The van der Waals surface area contributed by atoms with Gasteiger partial charge in [-0.2, -0.15) is 0 Å². The summed E-state index contributed by atoms with van der Waals surface area (Å²) in [7, 11) is -3.21. The summed E-state index contributed by atoms with van der Waals surface area (Å²) in [4.78, 5) is 0.346. The number of rotatable bonds is 3. The van der Waals surface area contributed by atoms with Crippen LogP contribution in [0.15, 0.2) is 29.2 Å². The van der Waals surface area contributed by atoms with Gasteiger partial charge in [0, 0.05) is 6.04 Å². The molecule has 5 heteroatoms. The lowest BCUT2D eigenvalue weighted by Gasteiger charge is -2.39. The van der Waals surface area contributed by atoms with E-state index in [9.17, 15) is 13.5 Å². The fraction of sp³-hybridized carbons (Fsp3) is 0.538. The van der Waals surface area contributed by atoms with Crippen molar-refractivity contribution < 1.29 is 13.5 Å². The zero-order chi connectivity index (χ0) is 13.4. The van der Waals surface area contributed by atoms with Gasteiger partial charge in [0.25, 0.3) is 0 Å². The summed E-state index contributed by atoms with van der Waals surface area (Å²) in [6.45, 7) is 3.88. The molecule has 0 amide bonds. The fourth-order valence-electron chi connectivity index (χ4n) is 2.60. The van der Waals surface area contributed by atoms with Gasteiger partial charge in [0.1, 0.15) is 0 Å². The summed E-state index contributed by atoms with van der Waals surface area (Å²) in [5, 5.41) is 13.1. The topological polar surface area (TPSA) is 66.4 Å². The van der Waals surface area contributed by atoms with E-state index in [1.165, 1.54) is 0 Å². The number of aliphatic hydroxyl groups is 1. The van der Waals surface area contributed by atoms with Crippen LogP contribution in [0, 0.1) is 0 Å². The van der Waals surface area contributed by atoms with Gasteiger partial charge in [-0.25, -0.2) is 8.42 Å². The van der Waals surface area contributed by atoms with Crippen LogP contribution in [0.4, 0.5) is 0 Å². The molecule has 0 radical (unpaired) electrons. The van der Waals surface area contributed by atoms with Gasteiger partial charge in [0.2, 0.25) is 0 Å². The van der Waals surface area contributed by atoms with Crippen LogP contribution in [-0.2, 0) is 15.4 Å². The van der Waals surface area contributed by atoms with Crippen LogP contribution < -0.4 is 5.32 Å². The van der Waals surface area contributed by atoms with Crippen molar-refractivity contribution >= 4 is 9.84 Å². The predicted molar refractivity (Wildman–Crippen MR) is 70.1 cm³/mol. The van der Waals surface area contributed by atoms with Gasteiger partial charge in [0.15, 0.2) is 9.84 Å². The second-order valence-electron chi connectivity index (χ2n) is 5.10. The largest absolute Gasteiger partial charge is 0.394 e. The molecule has 4 nitrogen and oxygen atoms in total. The van der Waals surface area contributed by atoms with Crippen molar-refractivity contribution in [2.45, 2.75) is 36.7 Å². The molecule has 0 aliphatic carbocycles. The van der Waals surface area contributed by atoms with Crippen LogP contribution in [0.25, 0.3) is 0 Å². The number of aliphatic hydroxyl groups excluding tert-OH is 1. The predicted octanol–water partition coefficient (Wildman–Crippen LogP) is 1.05. The highest BCUT2D eigenvalue weighted by molar-refractivity contribution is 7.91. The quantitative estimate of drug-likeness (QED) is 0.861. The zero-order valence-corrected chi connectivity index (χ0v) is 11.5. The van der Waals surface area contributed by atoms with E-state index in [1.54, 1.807) is 18.2 Å². The van der Waals surface area contributed by atoms with E-state index in [4.69, 9.17) is 0 Å². The van der Waals surface area contributed by atoms with E-state index in [0.29, 0.717) is 16.9 Å². The molecule has 0 saturated heterocycles.